The Labute approximate surface area is 85.3 Å². The van der Waals surface area contributed by atoms with Gasteiger partial charge in [0.05, 0.1) is 5.52 Å². The maximum absolute atomic E-state index is 4.06. The van der Waals surface area contributed by atoms with Crippen molar-refractivity contribution >= 4 is 29.4 Å². The van der Waals surface area contributed by atoms with Gasteiger partial charge in [-0.05, 0) is 34.7 Å². The molecule has 2 heterocycles. The van der Waals surface area contributed by atoms with Crippen molar-refractivity contribution in [2.24, 2.45) is 4.99 Å². The summed E-state index contributed by atoms with van der Waals surface area (Å²) in [4.78, 5) is 4.06. The third-order valence-corrected chi connectivity index (χ3v) is 2.32. The average Bonchev–Trinajstić information content (AvgIpc) is 2.64. The minimum atomic E-state index is 0.872. The summed E-state index contributed by atoms with van der Waals surface area (Å²) in [6, 6.07) is 4.03. The first-order valence-electron chi connectivity index (χ1n) is 4.65. The maximum Gasteiger partial charge on any atom is 0.113 e. The van der Waals surface area contributed by atoms with E-state index in [0.717, 1.165) is 21.5 Å². The van der Waals surface area contributed by atoms with Crippen molar-refractivity contribution in [2.45, 2.75) is 0 Å². The van der Waals surface area contributed by atoms with Crippen LogP contribution in [0.25, 0.3) is 23.2 Å². The number of hydrogen-bond acceptors (Lipinski definition) is 3. The van der Waals surface area contributed by atoms with Gasteiger partial charge < -0.3 is 0 Å². The van der Waals surface area contributed by atoms with E-state index in [4.69, 9.17) is 0 Å². The van der Waals surface area contributed by atoms with Crippen LogP contribution in [0.15, 0.2) is 29.4 Å². The molecule has 0 saturated heterocycles. The number of nitrogens with zero attached hydrogens (tertiary/aromatic N) is 3. The zero-order chi connectivity index (χ0) is 10.1. The summed E-state index contributed by atoms with van der Waals surface area (Å²) in [6.07, 6.45) is 9.42. The maximum atomic E-state index is 4.06. The third-order valence-electron chi connectivity index (χ3n) is 2.32. The number of aliphatic imine (C=N–C) groups is 1. The molecule has 4 nitrogen and oxygen atoms in total. The Balaban J connectivity index is 2.49. The normalized spacial score (nSPS) is 13.9. The van der Waals surface area contributed by atoms with Crippen LogP contribution in [-0.2, 0) is 0 Å². The van der Waals surface area contributed by atoms with Gasteiger partial charge in [0.2, 0.25) is 0 Å². The molecule has 4 heteroatoms. The van der Waals surface area contributed by atoms with Gasteiger partial charge in [-0.15, -0.1) is 5.10 Å². The van der Waals surface area contributed by atoms with E-state index < -0.39 is 0 Å². The van der Waals surface area contributed by atoms with Gasteiger partial charge in [0.1, 0.15) is 5.52 Å². The Hall–Kier alpha value is -2.23. The largest absolute Gasteiger partial charge is 0.265 e. The number of rotatable bonds is 0. The Morgan fingerprint density at radius 1 is 1.07 bits per heavy atom. The van der Waals surface area contributed by atoms with Crippen molar-refractivity contribution in [1.29, 1.82) is 0 Å². The number of aromatic nitrogens is 3. The summed E-state index contributed by atoms with van der Waals surface area (Å²) >= 11 is 0. The lowest BCUT2D eigenvalue weighted by Crippen LogP contribution is -2.24. The fourth-order valence-electron chi connectivity index (χ4n) is 1.58. The predicted molar refractivity (Wildman–Crippen MR) is 59.7 cm³/mol. The lowest BCUT2D eigenvalue weighted by atomic mass is 10.2. The first kappa shape index (κ1) is 8.11. The second-order valence-corrected chi connectivity index (χ2v) is 3.28. The summed E-state index contributed by atoms with van der Waals surface area (Å²) < 4.78 is 0. The van der Waals surface area contributed by atoms with Crippen LogP contribution >= 0.6 is 0 Å². The smallest absolute Gasteiger partial charge is 0.113 e. The highest BCUT2D eigenvalue weighted by Crippen LogP contribution is 1.99. The molecule has 3 rings (SSSR count). The van der Waals surface area contributed by atoms with Crippen LogP contribution < -0.4 is 10.4 Å². The summed E-state index contributed by atoms with van der Waals surface area (Å²) in [5.74, 6) is 0. The van der Waals surface area contributed by atoms with E-state index in [1.807, 2.05) is 30.4 Å². The highest BCUT2D eigenvalue weighted by atomic mass is 15.3. The van der Waals surface area contributed by atoms with Crippen molar-refractivity contribution in [3.05, 3.63) is 34.8 Å². The van der Waals surface area contributed by atoms with E-state index in [9.17, 15) is 0 Å². The van der Waals surface area contributed by atoms with Crippen LogP contribution in [0.2, 0.25) is 0 Å². The van der Waals surface area contributed by atoms with Crippen molar-refractivity contribution in [3.8, 4) is 0 Å². The minimum Gasteiger partial charge on any atom is -0.265 e. The molecule has 1 aromatic carbocycles. The Morgan fingerprint density at radius 2 is 2.00 bits per heavy atom. The van der Waals surface area contributed by atoms with Crippen molar-refractivity contribution in [3.63, 3.8) is 0 Å². The number of nitrogens with one attached hydrogen (secondary N) is 1. The van der Waals surface area contributed by atoms with Crippen LogP contribution in [0.1, 0.15) is 0 Å². The molecule has 0 radical (unpaired) electrons. The SMILES string of the molecule is C1=CN=CC=c2cc3nn[nH]c3cc2=C1. The lowest BCUT2D eigenvalue weighted by Gasteiger charge is -1.91. The topological polar surface area (TPSA) is 53.9 Å². The molecule has 1 N–H and O–H groups in total. The molecule has 0 aliphatic carbocycles. The molecule has 1 aliphatic heterocycles. The second-order valence-electron chi connectivity index (χ2n) is 3.28. The molecule has 72 valence electrons. The number of fused-ring (bicyclic) bond motifs is 2. The number of benzene rings is 1. The first-order valence-corrected chi connectivity index (χ1v) is 4.65. The van der Waals surface area contributed by atoms with Crippen molar-refractivity contribution in [1.82, 2.24) is 15.4 Å². The number of H-pyrrole nitrogens is 1. The van der Waals surface area contributed by atoms with Gasteiger partial charge in [-0.2, -0.15) is 0 Å². The fourth-order valence-corrected chi connectivity index (χ4v) is 1.58. The molecule has 0 atom stereocenters. The first-order chi connectivity index (χ1) is 7.43. The third kappa shape index (κ3) is 1.36. The quantitative estimate of drug-likeness (QED) is 0.650. The van der Waals surface area contributed by atoms with Gasteiger partial charge in [-0.3, -0.25) is 10.1 Å². The van der Waals surface area contributed by atoms with Crippen molar-refractivity contribution < 1.29 is 0 Å². The van der Waals surface area contributed by atoms with E-state index in [1.165, 1.54) is 0 Å². The summed E-state index contributed by atoms with van der Waals surface area (Å²) in [5.41, 5.74) is 1.82. The van der Waals surface area contributed by atoms with Crippen LogP contribution in [0.5, 0.6) is 0 Å². The van der Waals surface area contributed by atoms with E-state index in [0.29, 0.717) is 0 Å². The molecule has 0 fully saturated rings. The summed E-state index contributed by atoms with van der Waals surface area (Å²) in [7, 11) is 0. The molecule has 0 spiro atoms. The molecule has 0 amide bonds. The fraction of sp³-hybridized carbons (Fsp3) is 0. The standard InChI is InChI=1S/C11H8N4/c1-2-8-6-10-11(14-15-13-10)7-9(8)3-5-12-4-1/h1-7H,(H,13,14,15). The van der Waals surface area contributed by atoms with Gasteiger partial charge in [0, 0.05) is 12.4 Å². The molecular formula is C11H8N4. The predicted octanol–water partition coefficient (Wildman–Crippen LogP) is 0.117. The van der Waals surface area contributed by atoms with E-state index >= 15 is 0 Å². The van der Waals surface area contributed by atoms with E-state index in [2.05, 4.69) is 20.4 Å². The van der Waals surface area contributed by atoms with Gasteiger partial charge in [-0.1, -0.05) is 11.3 Å². The molecule has 1 aliphatic rings. The molecule has 2 aromatic rings. The highest BCUT2D eigenvalue weighted by Gasteiger charge is 1.96. The molecular weight excluding hydrogens is 188 g/mol. The lowest BCUT2D eigenvalue weighted by molar-refractivity contribution is 0.959. The Kier molecular flexibility index (Phi) is 1.71. The van der Waals surface area contributed by atoms with Crippen LogP contribution in [0, 0.1) is 0 Å². The Bertz CT molecular complexity index is 618. The summed E-state index contributed by atoms with van der Waals surface area (Å²) in [5, 5.41) is 12.8. The monoisotopic (exact) mass is 196 g/mol. The van der Waals surface area contributed by atoms with Gasteiger partial charge in [-0.25, -0.2) is 0 Å². The van der Waals surface area contributed by atoms with Crippen LogP contribution in [0.4, 0.5) is 0 Å². The molecule has 1 aromatic heterocycles. The molecule has 15 heavy (non-hydrogen) atoms. The Morgan fingerprint density at radius 3 is 3.00 bits per heavy atom. The average molecular weight is 196 g/mol. The van der Waals surface area contributed by atoms with Gasteiger partial charge >= 0.3 is 0 Å². The number of allylic oxidation sites excluding steroid dienone is 1. The van der Waals surface area contributed by atoms with Gasteiger partial charge in [0.15, 0.2) is 0 Å². The number of aromatic amines is 1. The molecule has 0 bridgehead atoms. The second kappa shape index (κ2) is 3.16. The highest BCUT2D eigenvalue weighted by molar-refractivity contribution is 5.92. The van der Waals surface area contributed by atoms with Gasteiger partial charge in [0.25, 0.3) is 0 Å². The summed E-state index contributed by atoms with van der Waals surface area (Å²) in [6.45, 7) is 0. The zero-order valence-electron chi connectivity index (χ0n) is 7.88. The minimum absolute atomic E-state index is 0.872. The molecule has 0 saturated carbocycles. The molecule has 0 unspecified atom stereocenters. The van der Waals surface area contributed by atoms with Crippen LogP contribution in [0.3, 0.4) is 0 Å². The number of hydrogen-bond donors (Lipinski definition) is 1. The van der Waals surface area contributed by atoms with E-state index in [1.54, 1.807) is 12.4 Å². The van der Waals surface area contributed by atoms with E-state index in [-0.39, 0.29) is 0 Å². The van der Waals surface area contributed by atoms with Crippen molar-refractivity contribution in [2.75, 3.05) is 0 Å². The van der Waals surface area contributed by atoms with Crippen LogP contribution in [-0.4, -0.2) is 21.6 Å². The zero-order valence-corrected chi connectivity index (χ0v) is 7.88.